The predicted octanol–water partition coefficient (Wildman–Crippen LogP) is 4.29. The molecule has 2 aromatic carbocycles. The van der Waals surface area contributed by atoms with E-state index in [1.54, 1.807) is 12.2 Å². The molecule has 0 aliphatic rings. The largest absolute Gasteiger partial charge is 0.299 e. The minimum atomic E-state index is -0.0592. The molecular formula is C21H20O2. The van der Waals surface area contributed by atoms with E-state index in [2.05, 4.69) is 13.2 Å². The summed E-state index contributed by atoms with van der Waals surface area (Å²) in [5, 5.41) is 0. The Balaban J connectivity index is 1.92. The highest BCUT2D eigenvalue weighted by molar-refractivity contribution is 6.00. The van der Waals surface area contributed by atoms with Gasteiger partial charge in [0, 0.05) is 12.8 Å². The highest BCUT2D eigenvalue weighted by Gasteiger charge is 2.11. The molecule has 0 spiro atoms. The average molecular weight is 304 g/mol. The fourth-order valence-corrected chi connectivity index (χ4v) is 2.46. The lowest BCUT2D eigenvalue weighted by molar-refractivity contribution is -0.126. The third-order valence-corrected chi connectivity index (χ3v) is 3.57. The Kier molecular flexibility index (Phi) is 5.81. The van der Waals surface area contributed by atoms with E-state index < -0.39 is 0 Å². The summed E-state index contributed by atoms with van der Waals surface area (Å²) in [7, 11) is 0. The lowest BCUT2D eigenvalue weighted by Gasteiger charge is -2.04. The van der Waals surface area contributed by atoms with Crippen LogP contribution in [0, 0.1) is 0 Å². The highest BCUT2D eigenvalue weighted by atomic mass is 16.1. The number of rotatable bonds is 8. The van der Waals surface area contributed by atoms with E-state index in [0.717, 1.165) is 22.3 Å². The molecule has 23 heavy (non-hydrogen) atoms. The van der Waals surface area contributed by atoms with Gasteiger partial charge in [-0.05, 0) is 22.3 Å². The smallest absolute Gasteiger partial charge is 0.144 e. The maximum absolute atomic E-state index is 12.1. The third-order valence-electron chi connectivity index (χ3n) is 3.57. The molecule has 0 radical (unpaired) electrons. The van der Waals surface area contributed by atoms with Crippen molar-refractivity contribution in [3.05, 3.63) is 83.9 Å². The fourth-order valence-electron chi connectivity index (χ4n) is 2.46. The van der Waals surface area contributed by atoms with Crippen LogP contribution >= 0.6 is 0 Å². The molecule has 0 unspecified atom stereocenters. The second-order valence-corrected chi connectivity index (χ2v) is 5.51. The molecular weight excluding hydrogens is 284 g/mol. The van der Waals surface area contributed by atoms with Crippen LogP contribution in [-0.4, -0.2) is 11.6 Å². The van der Waals surface area contributed by atoms with Crippen molar-refractivity contribution in [1.82, 2.24) is 0 Å². The minimum Gasteiger partial charge on any atom is -0.299 e. The van der Waals surface area contributed by atoms with Gasteiger partial charge in [0.15, 0.2) is 0 Å². The topological polar surface area (TPSA) is 34.1 Å². The van der Waals surface area contributed by atoms with E-state index >= 15 is 0 Å². The fraction of sp³-hybridized carbons (Fsp3) is 0.143. The lowest BCUT2D eigenvalue weighted by Crippen LogP contribution is -2.12. The maximum Gasteiger partial charge on any atom is 0.144 e. The van der Waals surface area contributed by atoms with Crippen molar-refractivity contribution in [2.45, 2.75) is 19.3 Å². The molecule has 0 heterocycles. The number of ketones is 2. The summed E-state index contributed by atoms with van der Waals surface area (Å²) in [6, 6.07) is 15.3. The molecule has 2 aromatic rings. The average Bonchev–Trinajstić information content (AvgIpc) is 2.54. The Labute approximate surface area is 137 Å². The van der Waals surface area contributed by atoms with Crippen LogP contribution in [0.4, 0.5) is 0 Å². The Hall–Kier alpha value is -2.74. The first kappa shape index (κ1) is 16.6. The Bertz CT molecular complexity index is 678. The molecule has 0 bridgehead atoms. The number of hydrogen-bond acceptors (Lipinski definition) is 2. The van der Waals surface area contributed by atoms with Crippen molar-refractivity contribution < 1.29 is 9.59 Å². The molecule has 0 saturated carbocycles. The van der Waals surface area contributed by atoms with Gasteiger partial charge in [-0.3, -0.25) is 9.59 Å². The normalized spacial score (nSPS) is 10.1. The van der Waals surface area contributed by atoms with E-state index in [1.807, 2.05) is 48.5 Å². The van der Waals surface area contributed by atoms with Gasteiger partial charge in [-0.25, -0.2) is 0 Å². The van der Waals surface area contributed by atoms with Crippen molar-refractivity contribution in [2.24, 2.45) is 0 Å². The van der Waals surface area contributed by atoms with Gasteiger partial charge in [0.2, 0.25) is 0 Å². The summed E-state index contributed by atoms with van der Waals surface area (Å²) in [6.07, 6.45) is 4.01. The van der Waals surface area contributed by atoms with Crippen LogP contribution in [0.3, 0.4) is 0 Å². The van der Waals surface area contributed by atoms with Crippen LogP contribution in [-0.2, 0) is 22.4 Å². The summed E-state index contributed by atoms with van der Waals surface area (Å²) < 4.78 is 0. The molecule has 0 amide bonds. The number of benzene rings is 2. The van der Waals surface area contributed by atoms with Crippen molar-refractivity contribution in [3.8, 4) is 0 Å². The zero-order chi connectivity index (χ0) is 16.7. The number of carbonyl (C=O) groups is 2. The van der Waals surface area contributed by atoms with E-state index in [4.69, 9.17) is 0 Å². The second kappa shape index (κ2) is 8.04. The first-order valence-electron chi connectivity index (χ1n) is 7.57. The summed E-state index contributed by atoms with van der Waals surface area (Å²) in [5.41, 5.74) is 3.77. The van der Waals surface area contributed by atoms with Gasteiger partial charge in [0.05, 0.1) is 6.42 Å². The van der Waals surface area contributed by atoms with Gasteiger partial charge in [0.25, 0.3) is 0 Å². The van der Waals surface area contributed by atoms with Crippen LogP contribution in [0.15, 0.2) is 61.7 Å². The molecule has 2 rings (SSSR count). The van der Waals surface area contributed by atoms with Crippen molar-refractivity contribution in [2.75, 3.05) is 0 Å². The molecule has 2 nitrogen and oxygen atoms in total. The lowest BCUT2D eigenvalue weighted by atomic mass is 9.99. The third kappa shape index (κ3) is 5.19. The van der Waals surface area contributed by atoms with Gasteiger partial charge >= 0.3 is 0 Å². The van der Waals surface area contributed by atoms with Crippen LogP contribution in [0.1, 0.15) is 28.7 Å². The summed E-state index contributed by atoms with van der Waals surface area (Å²) in [6.45, 7) is 7.43. The first-order chi connectivity index (χ1) is 11.1. The molecule has 0 aliphatic carbocycles. The SMILES string of the molecule is C=Cc1cccc(CC(=O)CC(=O)Cc2cccc(C=C)c2)c1. The molecule has 0 aliphatic heterocycles. The highest BCUT2D eigenvalue weighted by Crippen LogP contribution is 2.11. The van der Waals surface area contributed by atoms with Crippen LogP contribution in [0.5, 0.6) is 0 Å². The van der Waals surface area contributed by atoms with E-state index in [1.165, 1.54) is 0 Å². The summed E-state index contributed by atoms with van der Waals surface area (Å²) in [5.74, 6) is -0.118. The molecule has 0 aromatic heterocycles. The summed E-state index contributed by atoms with van der Waals surface area (Å²) in [4.78, 5) is 24.1. The molecule has 0 N–H and O–H groups in total. The summed E-state index contributed by atoms with van der Waals surface area (Å²) >= 11 is 0. The van der Waals surface area contributed by atoms with Crippen LogP contribution < -0.4 is 0 Å². The minimum absolute atomic E-state index is 0.0311. The molecule has 0 fully saturated rings. The van der Waals surface area contributed by atoms with Gasteiger partial charge in [-0.1, -0.05) is 73.8 Å². The molecule has 0 atom stereocenters. The zero-order valence-electron chi connectivity index (χ0n) is 13.1. The van der Waals surface area contributed by atoms with Crippen LogP contribution in [0.2, 0.25) is 0 Å². The van der Waals surface area contributed by atoms with Crippen LogP contribution in [0.25, 0.3) is 12.2 Å². The Morgan fingerprint density at radius 3 is 1.61 bits per heavy atom. The van der Waals surface area contributed by atoms with Crippen molar-refractivity contribution in [1.29, 1.82) is 0 Å². The predicted molar refractivity (Wildman–Crippen MR) is 95.1 cm³/mol. The number of hydrogen-bond donors (Lipinski definition) is 0. The number of carbonyl (C=O) groups excluding carboxylic acids is 2. The van der Waals surface area contributed by atoms with Gasteiger partial charge in [-0.15, -0.1) is 0 Å². The standard InChI is InChI=1S/C21H20O2/c1-3-16-7-5-9-18(11-16)13-20(22)15-21(23)14-19-10-6-8-17(4-2)12-19/h3-12H,1-2,13-15H2. The molecule has 116 valence electrons. The van der Waals surface area contributed by atoms with Gasteiger partial charge in [0.1, 0.15) is 11.6 Å². The van der Waals surface area contributed by atoms with E-state index in [-0.39, 0.29) is 30.8 Å². The van der Waals surface area contributed by atoms with Gasteiger partial charge < -0.3 is 0 Å². The quantitative estimate of drug-likeness (QED) is 0.682. The monoisotopic (exact) mass is 304 g/mol. The second-order valence-electron chi connectivity index (χ2n) is 5.51. The first-order valence-corrected chi connectivity index (χ1v) is 7.57. The molecule has 0 saturated heterocycles. The Morgan fingerprint density at radius 1 is 0.783 bits per heavy atom. The van der Waals surface area contributed by atoms with E-state index in [0.29, 0.717) is 0 Å². The maximum atomic E-state index is 12.1. The van der Waals surface area contributed by atoms with Crippen molar-refractivity contribution >= 4 is 23.7 Å². The van der Waals surface area contributed by atoms with Gasteiger partial charge in [-0.2, -0.15) is 0 Å². The zero-order valence-corrected chi connectivity index (χ0v) is 13.1. The number of Topliss-reactive ketones (excluding diaryl/α,β-unsaturated/α-hetero) is 2. The van der Waals surface area contributed by atoms with E-state index in [9.17, 15) is 9.59 Å². The Morgan fingerprint density at radius 2 is 1.22 bits per heavy atom. The molecule has 2 heteroatoms. The van der Waals surface area contributed by atoms with Crippen molar-refractivity contribution in [3.63, 3.8) is 0 Å².